The minimum Gasteiger partial charge on any atom is -0.491 e. The van der Waals surface area contributed by atoms with Gasteiger partial charge in [0.2, 0.25) is 11.3 Å². The third kappa shape index (κ3) is 3.08. The number of nitrogens with one attached hydrogen (secondary N) is 1. The van der Waals surface area contributed by atoms with Gasteiger partial charge in [-0.05, 0) is 22.4 Å². The molecule has 0 saturated carbocycles. The number of halogens is 3. The average Bonchev–Trinajstić information content (AvgIpc) is 3.11. The van der Waals surface area contributed by atoms with Gasteiger partial charge in [0.05, 0.1) is 10.2 Å². The van der Waals surface area contributed by atoms with E-state index in [1.54, 1.807) is 0 Å². The second kappa shape index (κ2) is 5.41. The highest BCUT2D eigenvalue weighted by Crippen LogP contribution is 2.33. The number of fused-ring (bicyclic) bond motifs is 2. The van der Waals surface area contributed by atoms with Crippen LogP contribution in [0.1, 0.15) is 0 Å². The number of ether oxygens (including phenoxy) is 1. The van der Waals surface area contributed by atoms with E-state index in [1.165, 1.54) is 12.1 Å². The highest BCUT2D eigenvalue weighted by Gasteiger charge is 2.31. The van der Waals surface area contributed by atoms with Crippen LogP contribution in [-0.4, -0.2) is 36.7 Å². The molecule has 9 nitrogen and oxygen atoms in total. The third-order valence-corrected chi connectivity index (χ3v) is 3.85. The fraction of sp³-hybridized carbons (Fsp3) is 0.0833. The van der Waals surface area contributed by atoms with Crippen LogP contribution in [0.3, 0.4) is 0 Å². The molecule has 0 atom stereocenters. The van der Waals surface area contributed by atoms with Crippen LogP contribution in [0.5, 0.6) is 11.6 Å². The van der Waals surface area contributed by atoms with Crippen LogP contribution in [0.4, 0.5) is 24.1 Å². The van der Waals surface area contributed by atoms with Gasteiger partial charge in [0.25, 0.3) is 5.88 Å². The lowest BCUT2D eigenvalue weighted by Crippen LogP contribution is -2.16. The zero-order valence-corrected chi connectivity index (χ0v) is 12.6. The summed E-state index contributed by atoms with van der Waals surface area (Å²) in [5.41, 5.74) is 0.544. The maximum atomic E-state index is 12.3. The van der Waals surface area contributed by atoms with Crippen LogP contribution in [0.15, 0.2) is 22.8 Å². The molecule has 0 radical (unpaired) electrons. The molecule has 3 heterocycles. The first-order valence-corrected chi connectivity index (χ1v) is 7.32. The molecule has 0 saturated heterocycles. The van der Waals surface area contributed by atoms with Gasteiger partial charge in [-0.2, -0.15) is 9.97 Å². The van der Waals surface area contributed by atoms with Crippen molar-refractivity contribution >= 4 is 43.8 Å². The number of rotatable bonds is 3. The molecule has 0 aliphatic heterocycles. The number of thiazole rings is 1. The molecule has 0 spiro atoms. The van der Waals surface area contributed by atoms with Gasteiger partial charge in [0.15, 0.2) is 10.9 Å². The molecule has 0 aliphatic rings. The van der Waals surface area contributed by atoms with Crippen LogP contribution in [0, 0.1) is 0 Å². The van der Waals surface area contributed by atoms with E-state index in [4.69, 9.17) is 0 Å². The Morgan fingerprint density at radius 1 is 1.12 bits per heavy atom. The van der Waals surface area contributed by atoms with Gasteiger partial charge < -0.3 is 15.2 Å². The number of hydrogen-bond donors (Lipinski definition) is 2. The molecular formula is C12H5F3N6O3S. The Morgan fingerprint density at radius 3 is 2.64 bits per heavy atom. The molecule has 1 aromatic carbocycles. The second-order valence-electron chi connectivity index (χ2n) is 4.63. The molecule has 128 valence electrons. The summed E-state index contributed by atoms with van der Waals surface area (Å²) < 4.78 is 45.6. The van der Waals surface area contributed by atoms with Crippen molar-refractivity contribution in [2.75, 3.05) is 5.32 Å². The summed E-state index contributed by atoms with van der Waals surface area (Å²) in [6.07, 6.45) is -4.78. The Balaban J connectivity index is 1.65. The van der Waals surface area contributed by atoms with Crippen molar-refractivity contribution in [2.45, 2.75) is 6.36 Å². The average molecular weight is 370 g/mol. The number of hydrogen-bond acceptors (Lipinski definition) is 10. The van der Waals surface area contributed by atoms with E-state index >= 15 is 0 Å². The molecule has 3 aromatic heterocycles. The first kappa shape index (κ1) is 15.3. The maximum absolute atomic E-state index is 12.3. The molecule has 0 bridgehead atoms. The molecule has 2 N–H and O–H groups in total. The van der Waals surface area contributed by atoms with Crippen LogP contribution in [0.2, 0.25) is 0 Å². The van der Waals surface area contributed by atoms with Crippen LogP contribution in [0.25, 0.3) is 21.5 Å². The van der Waals surface area contributed by atoms with Gasteiger partial charge in [0, 0.05) is 6.07 Å². The molecular weight excluding hydrogens is 365 g/mol. The molecule has 13 heteroatoms. The quantitative estimate of drug-likeness (QED) is 0.561. The maximum Gasteiger partial charge on any atom is 0.573 e. The predicted molar refractivity (Wildman–Crippen MR) is 78.6 cm³/mol. The minimum atomic E-state index is -4.78. The van der Waals surface area contributed by atoms with Crippen molar-refractivity contribution in [3.8, 4) is 11.6 Å². The van der Waals surface area contributed by atoms with Gasteiger partial charge >= 0.3 is 6.36 Å². The molecule has 0 unspecified atom stereocenters. The molecule has 4 aromatic rings. The Hall–Kier alpha value is -3.22. The molecule has 0 amide bonds. The van der Waals surface area contributed by atoms with E-state index in [0.717, 1.165) is 17.4 Å². The lowest BCUT2D eigenvalue weighted by atomic mass is 10.3. The van der Waals surface area contributed by atoms with E-state index in [2.05, 4.69) is 39.9 Å². The molecule has 4 rings (SSSR count). The fourth-order valence-corrected chi connectivity index (χ4v) is 2.86. The van der Waals surface area contributed by atoms with E-state index in [0.29, 0.717) is 10.2 Å². The van der Waals surface area contributed by atoms with E-state index in [9.17, 15) is 18.3 Å². The molecule has 0 aliphatic carbocycles. The van der Waals surface area contributed by atoms with Crippen molar-refractivity contribution in [2.24, 2.45) is 0 Å². The topological polar surface area (TPSA) is 119 Å². The van der Waals surface area contributed by atoms with Crippen molar-refractivity contribution in [3.63, 3.8) is 0 Å². The summed E-state index contributed by atoms with van der Waals surface area (Å²) in [7, 11) is 0. The Morgan fingerprint density at radius 2 is 1.88 bits per heavy atom. The van der Waals surface area contributed by atoms with Crippen molar-refractivity contribution in [1.82, 2.24) is 25.3 Å². The van der Waals surface area contributed by atoms with E-state index in [1.807, 2.05) is 0 Å². The summed E-state index contributed by atoms with van der Waals surface area (Å²) in [5.74, 6) is -0.856. The van der Waals surface area contributed by atoms with Crippen LogP contribution >= 0.6 is 11.3 Å². The van der Waals surface area contributed by atoms with Gasteiger partial charge in [-0.1, -0.05) is 11.3 Å². The van der Waals surface area contributed by atoms with Gasteiger partial charge in [-0.15, -0.1) is 13.2 Å². The minimum absolute atomic E-state index is 0.0290. The van der Waals surface area contributed by atoms with E-state index < -0.39 is 12.2 Å². The second-order valence-corrected chi connectivity index (χ2v) is 5.66. The zero-order chi connectivity index (χ0) is 17.6. The number of alkyl halides is 3. The SMILES string of the molecule is Oc1nc2nonc2nc1Nc1nc2ccc(OC(F)(F)F)cc2s1. The summed E-state index contributed by atoms with van der Waals surface area (Å²) >= 11 is 1.04. The lowest BCUT2D eigenvalue weighted by molar-refractivity contribution is -0.274. The predicted octanol–water partition coefficient (Wildman–Crippen LogP) is 2.97. The summed E-state index contributed by atoms with van der Waals surface area (Å²) in [6, 6.07) is 3.75. The highest BCUT2D eigenvalue weighted by atomic mass is 32.1. The first-order valence-electron chi connectivity index (χ1n) is 6.50. The first-order chi connectivity index (χ1) is 11.9. The van der Waals surface area contributed by atoms with E-state index in [-0.39, 0.29) is 28.0 Å². The smallest absolute Gasteiger partial charge is 0.491 e. The summed E-state index contributed by atoms with van der Waals surface area (Å²) in [4.78, 5) is 11.9. The van der Waals surface area contributed by atoms with Crippen molar-refractivity contribution in [3.05, 3.63) is 18.2 Å². The highest BCUT2D eigenvalue weighted by molar-refractivity contribution is 7.22. The molecule has 0 fully saturated rings. The monoisotopic (exact) mass is 370 g/mol. The number of aromatic nitrogens is 5. The van der Waals surface area contributed by atoms with Gasteiger partial charge in [0.1, 0.15) is 5.75 Å². The van der Waals surface area contributed by atoms with Crippen molar-refractivity contribution < 1.29 is 27.6 Å². The number of anilines is 2. The summed E-state index contributed by atoms with van der Waals surface area (Å²) in [6.45, 7) is 0. The van der Waals surface area contributed by atoms with Gasteiger partial charge in [-0.25, -0.2) is 9.61 Å². The Labute approximate surface area is 139 Å². The number of nitrogens with zero attached hydrogens (tertiary/aromatic N) is 5. The Bertz CT molecular complexity index is 1080. The Kier molecular flexibility index (Phi) is 3.31. The number of aromatic hydroxyl groups is 1. The largest absolute Gasteiger partial charge is 0.573 e. The third-order valence-electron chi connectivity index (χ3n) is 2.91. The van der Waals surface area contributed by atoms with Gasteiger partial charge in [-0.3, -0.25) is 0 Å². The van der Waals surface area contributed by atoms with Crippen molar-refractivity contribution in [1.29, 1.82) is 0 Å². The van der Waals surface area contributed by atoms with Crippen LogP contribution in [-0.2, 0) is 0 Å². The number of benzene rings is 1. The normalized spacial score (nSPS) is 12.0. The van der Waals surface area contributed by atoms with Crippen LogP contribution < -0.4 is 10.1 Å². The standard InChI is InChI=1S/C12H5F3N6O3S/c13-12(14,15)23-4-1-2-5-6(3-4)25-11(16-5)19-9-10(22)18-8-7(17-9)20-24-21-8/h1-3H,(H,18,21,22)(H,16,17,19,20). The fourth-order valence-electron chi connectivity index (χ4n) is 1.97. The molecule has 25 heavy (non-hydrogen) atoms. The summed E-state index contributed by atoms with van der Waals surface area (Å²) in [5, 5.41) is 19.8. The lowest BCUT2D eigenvalue weighted by Gasteiger charge is -2.07. The zero-order valence-electron chi connectivity index (χ0n) is 11.8.